The van der Waals surface area contributed by atoms with Gasteiger partial charge in [-0.05, 0) is 38.8 Å². The summed E-state index contributed by atoms with van der Waals surface area (Å²) in [5, 5.41) is 16.2. The molecule has 2 aromatic heterocycles. The predicted molar refractivity (Wildman–Crippen MR) is 122 cm³/mol. The van der Waals surface area contributed by atoms with Gasteiger partial charge in [-0.25, -0.2) is 9.48 Å². The summed E-state index contributed by atoms with van der Waals surface area (Å²) in [6.45, 7) is 11.2. The fraction of sp³-hybridized carbons (Fsp3) is 0.391. The van der Waals surface area contributed by atoms with Gasteiger partial charge in [-0.1, -0.05) is 19.1 Å². The van der Waals surface area contributed by atoms with Crippen LogP contribution < -0.4 is 5.32 Å². The normalized spacial score (nSPS) is 13.3. The van der Waals surface area contributed by atoms with Crippen molar-refractivity contribution in [1.82, 2.24) is 19.7 Å². The zero-order chi connectivity index (χ0) is 24.9. The highest BCUT2D eigenvalue weighted by molar-refractivity contribution is 5.96. The second kappa shape index (κ2) is 10.4. The monoisotopic (exact) mass is 461 g/mol. The highest BCUT2D eigenvalue weighted by atomic mass is 19.3. The second-order valence-corrected chi connectivity index (χ2v) is 8.51. The topological polar surface area (TPSA) is 100 Å². The first-order chi connectivity index (χ1) is 15.4. The fourth-order valence-corrected chi connectivity index (χ4v) is 3.45. The molecule has 2 atom stereocenters. The molecule has 2 rings (SSSR count). The van der Waals surface area contributed by atoms with E-state index in [1.165, 1.54) is 23.4 Å². The quantitative estimate of drug-likeness (QED) is 0.481. The Balaban J connectivity index is 2.63. The number of aromatic nitrogens is 3. The van der Waals surface area contributed by atoms with Crippen LogP contribution in [0.2, 0.25) is 0 Å². The van der Waals surface area contributed by atoms with Gasteiger partial charge in [0.25, 0.3) is 0 Å². The minimum atomic E-state index is -2.97. The van der Waals surface area contributed by atoms with Crippen LogP contribution in [0.25, 0.3) is 11.3 Å². The van der Waals surface area contributed by atoms with Crippen molar-refractivity contribution < 1.29 is 23.5 Å². The lowest BCUT2D eigenvalue weighted by atomic mass is 9.96. The van der Waals surface area contributed by atoms with Crippen LogP contribution in [-0.4, -0.2) is 42.3 Å². The van der Waals surface area contributed by atoms with Crippen LogP contribution in [0.15, 0.2) is 50.0 Å². The number of hydrogen-bond donors (Lipinski definition) is 2. The number of carboxylic acid groups (broad SMARTS) is 1. The zero-order valence-corrected chi connectivity index (χ0v) is 19.1. The maximum Gasteiger partial charge on any atom is 0.408 e. The number of hydrogen-bond acceptors (Lipinski definition) is 4. The summed E-state index contributed by atoms with van der Waals surface area (Å²) in [6, 6.07) is 0.917. The molecule has 0 aliphatic heterocycles. The van der Waals surface area contributed by atoms with Crippen LogP contribution >= 0.6 is 0 Å². The average Bonchev–Trinajstić information content (AvgIpc) is 3.15. The molecule has 2 N–H and O–H groups in total. The third-order valence-electron chi connectivity index (χ3n) is 5.05. The number of alkyl halides is 2. The van der Waals surface area contributed by atoms with Gasteiger partial charge in [0.2, 0.25) is 5.91 Å². The van der Waals surface area contributed by atoms with Gasteiger partial charge >= 0.3 is 12.6 Å². The van der Waals surface area contributed by atoms with E-state index >= 15 is 0 Å². The number of halogens is 2. The second-order valence-electron chi connectivity index (χ2n) is 8.51. The van der Waals surface area contributed by atoms with Crippen LogP contribution in [0, 0.1) is 5.92 Å². The van der Waals surface area contributed by atoms with Gasteiger partial charge in [0, 0.05) is 23.5 Å². The lowest BCUT2D eigenvalue weighted by Gasteiger charge is -2.39. The molecule has 1 unspecified atom stereocenters. The Labute approximate surface area is 191 Å². The Bertz CT molecular complexity index is 1030. The van der Waals surface area contributed by atoms with Crippen LogP contribution in [0.1, 0.15) is 52.3 Å². The third-order valence-corrected chi connectivity index (χ3v) is 5.05. The number of amides is 2. The van der Waals surface area contributed by atoms with E-state index in [0.29, 0.717) is 10.2 Å². The lowest BCUT2D eigenvalue weighted by molar-refractivity contribution is -0.118. The van der Waals surface area contributed by atoms with Gasteiger partial charge in [-0.2, -0.15) is 13.9 Å². The van der Waals surface area contributed by atoms with Gasteiger partial charge in [0.15, 0.2) is 0 Å². The molecule has 2 aromatic rings. The van der Waals surface area contributed by atoms with Crippen molar-refractivity contribution in [3.8, 4) is 11.3 Å². The van der Waals surface area contributed by atoms with Gasteiger partial charge in [0.1, 0.15) is 0 Å². The Morgan fingerprint density at radius 2 is 1.94 bits per heavy atom. The maximum atomic E-state index is 13.7. The van der Waals surface area contributed by atoms with Crippen LogP contribution in [0.5, 0.6) is 0 Å². The highest BCUT2D eigenvalue weighted by Gasteiger charge is 2.34. The molecule has 178 valence electrons. The van der Waals surface area contributed by atoms with Gasteiger partial charge in [-0.15, -0.1) is 13.2 Å². The molecule has 8 nitrogen and oxygen atoms in total. The van der Waals surface area contributed by atoms with E-state index in [9.17, 15) is 23.5 Å². The molecule has 0 aromatic carbocycles. The fourth-order valence-electron chi connectivity index (χ4n) is 3.45. The first kappa shape index (κ1) is 25.7. The molecule has 0 bridgehead atoms. The third kappa shape index (κ3) is 5.82. The average molecular weight is 462 g/mol. The summed E-state index contributed by atoms with van der Waals surface area (Å²) in [5.74, 6) is -0.983. The molecule has 2 heterocycles. The number of nitrogens with one attached hydrogen (secondary N) is 1. The molecular weight excluding hydrogens is 432 g/mol. The summed E-state index contributed by atoms with van der Waals surface area (Å²) in [6.07, 6.45) is 6.15. The minimum Gasteiger partial charge on any atom is -0.465 e. The summed E-state index contributed by atoms with van der Waals surface area (Å²) in [7, 11) is 0. The van der Waals surface area contributed by atoms with E-state index in [1.54, 1.807) is 39.8 Å². The first-order valence-corrected chi connectivity index (χ1v) is 10.3. The number of carbonyl (C=O) groups excluding carboxylic acids is 1. The van der Waals surface area contributed by atoms with Crippen LogP contribution in [0.3, 0.4) is 0 Å². The van der Waals surface area contributed by atoms with E-state index in [-0.39, 0.29) is 23.4 Å². The lowest BCUT2D eigenvalue weighted by Crippen LogP contribution is -2.47. The number of nitrogens with zero attached hydrogens (tertiary/aromatic N) is 4. The standard InChI is InChI=1S/C23H29F2N5O3/c1-7-9-18(29(22(32)33)23(4,5)6)15-10-16(12-26-11-15)19-17(13-27-30(19)21(24)25)28-20(31)14(3)8-2/h7-8,10-14,18,21H,1-2,9H2,3-6H3,(H,28,31)(H,32,33)/t14?,18-/m0/s1. The predicted octanol–water partition coefficient (Wildman–Crippen LogP) is 5.50. The smallest absolute Gasteiger partial charge is 0.408 e. The number of pyridine rings is 1. The van der Waals surface area contributed by atoms with Crippen LogP contribution in [-0.2, 0) is 4.79 Å². The van der Waals surface area contributed by atoms with Crippen molar-refractivity contribution in [2.75, 3.05) is 5.32 Å². The molecule has 0 saturated heterocycles. The van der Waals surface area contributed by atoms with E-state index < -0.39 is 36.0 Å². The summed E-state index contributed by atoms with van der Waals surface area (Å²) >= 11 is 0. The molecule has 0 aliphatic rings. The zero-order valence-electron chi connectivity index (χ0n) is 19.1. The molecule has 0 spiro atoms. The molecule has 0 fully saturated rings. The highest BCUT2D eigenvalue weighted by Crippen LogP contribution is 2.36. The van der Waals surface area contributed by atoms with Gasteiger partial charge in [-0.3, -0.25) is 14.7 Å². The summed E-state index contributed by atoms with van der Waals surface area (Å²) in [5.41, 5.74) is 0.0296. The number of carbonyl (C=O) groups is 2. The Morgan fingerprint density at radius 3 is 2.45 bits per heavy atom. The Morgan fingerprint density at radius 1 is 1.27 bits per heavy atom. The van der Waals surface area contributed by atoms with E-state index in [1.807, 2.05) is 0 Å². The SMILES string of the molecule is C=CC[C@@H](c1cncc(-c2c(NC(=O)C(C)C=C)cnn2C(F)F)c1)N(C(=O)O)C(C)(C)C. The minimum absolute atomic E-state index is 0.0426. The van der Waals surface area contributed by atoms with E-state index in [2.05, 4.69) is 28.6 Å². The number of anilines is 1. The van der Waals surface area contributed by atoms with Gasteiger partial charge < -0.3 is 10.4 Å². The molecular formula is C23H29F2N5O3. The van der Waals surface area contributed by atoms with Crippen molar-refractivity contribution in [3.05, 3.63) is 55.5 Å². The molecule has 2 amide bonds. The van der Waals surface area contributed by atoms with Crippen molar-refractivity contribution >= 4 is 17.7 Å². The maximum absolute atomic E-state index is 13.7. The van der Waals surface area contributed by atoms with Crippen molar-refractivity contribution in [3.63, 3.8) is 0 Å². The molecule has 33 heavy (non-hydrogen) atoms. The van der Waals surface area contributed by atoms with Crippen LogP contribution in [0.4, 0.5) is 19.3 Å². The molecule has 10 heteroatoms. The Kier molecular flexibility index (Phi) is 8.08. The molecule has 0 aliphatic carbocycles. The van der Waals surface area contributed by atoms with Gasteiger partial charge in [0.05, 0.1) is 29.5 Å². The first-order valence-electron chi connectivity index (χ1n) is 10.3. The number of rotatable bonds is 9. The van der Waals surface area contributed by atoms with Crippen molar-refractivity contribution in [2.24, 2.45) is 5.92 Å². The Hall–Kier alpha value is -3.56. The van der Waals surface area contributed by atoms with E-state index in [0.717, 1.165) is 6.20 Å². The van der Waals surface area contributed by atoms with E-state index in [4.69, 9.17) is 0 Å². The van der Waals surface area contributed by atoms with Crippen molar-refractivity contribution in [1.29, 1.82) is 0 Å². The largest absolute Gasteiger partial charge is 0.465 e. The summed E-state index contributed by atoms with van der Waals surface area (Å²) in [4.78, 5) is 29.8. The summed E-state index contributed by atoms with van der Waals surface area (Å²) < 4.78 is 27.9. The molecule has 0 saturated carbocycles. The molecule has 0 radical (unpaired) electrons. The van der Waals surface area contributed by atoms with Crippen molar-refractivity contribution in [2.45, 2.75) is 52.2 Å².